The van der Waals surface area contributed by atoms with E-state index in [1.807, 2.05) is 26.0 Å². The summed E-state index contributed by atoms with van der Waals surface area (Å²) in [7, 11) is 0. The molecule has 1 aromatic carbocycles. The van der Waals surface area contributed by atoms with Gasteiger partial charge in [-0.3, -0.25) is 14.5 Å². The number of ether oxygens (including phenoxy) is 2. The number of thioether (sulfide) groups is 1. The van der Waals surface area contributed by atoms with Gasteiger partial charge in [-0.05, 0) is 32.1 Å². The number of benzene rings is 1. The van der Waals surface area contributed by atoms with Crippen molar-refractivity contribution in [3.05, 3.63) is 28.7 Å². The number of aliphatic carboxylic acids is 1. The highest BCUT2D eigenvalue weighted by atomic mass is 32.2. The SMILES string of the molecule is CCOc1ccc(/C=C2\SC(=S)N(CCC(=O)O)C2=O)c(OCC)c1. The number of amides is 1. The van der Waals surface area contributed by atoms with Crippen molar-refractivity contribution in [2.45, 2.75) is 20.3 Å². The average molecular weight is 381 g/mol. The molecule has 0 spiro atoms. The van der Waals surface area contributed by atoms with E-state index in [9.17, 15) is 9.59 Å². The molecule has 0 aliphatic carbocycles. The van der Waals surface area contributed by atoms with Gasteiger partial charge in [0.2, 0.25) is 0 Å². The molecule has 0 unspecified atom stereocenters. The van der Waals surface area contributed by atoms with Crippen molar-refractivity contribution in [3.63, 3.8) is 0 Å². The molecule has 1 amide bonds. The molecule has 8 heteroatoms. The number of carbonyl (C=O) groups excluding carboxylic acids is 1. The Morgan fingerprint density at radius 3 is 2.68 bits per heavy atom. The maximum Gasteiger partial charge on any atom is 0.305 e. The van der Waals surface area contributed by atoms with Crippen molar-refractivity contribution in [1.82, 2.24) is 4.90 Å². The third-order valence-corrected chi connectivity index (χ3v) is 4.68. The van der Waals surface area contributed by atoms with Gasteiger partial charge in [0.05, 0.1) is 24.5 Å². The van der Waals surface area contributed by atoms with Crippen molar-refractivity contribution in [3.8, 4) is 11.5 Å². The van der Waals surface area contributed by atoms with Gasteiger partial charge in [-0.2, -0.15) is 0 Å². The van der Waals surface area contributed by atoms with Crippen molar-refractivity contribution < 1.29 is 24.2 Å². The standard InChI is InChI=1S/C17H19NO5S2/c1-3-22-12-6-5-11(13(10-12)23-4-2)9-14-16(21)18(17(24)25-14)8-7-15(19)20/h5-6,9-10H,3-4,7-8H2,1-2H3,(H,19,20)/b14-9-. The maximum absolute atomic E-state index is 12.5. The molecule has 0 saturated carbocycles. The molecule has 1 aliphatic rings. The summed E-state index contributed by atoms with van der Waals surface area (Å²) in [6.45, 7) is 4.88. The highest BCUT2D eigenvalue weighted by molar-refractivity contribution is 8.26. The van der Waals surface area contributed by atoms with E-state index in [4.69, 9.17) is 26.8 Å². The summed E-state index contributed by atoms with van der Waals surface area (Å²) in [6, 6.07) is 5.41. The third-order valence-electron chi connectivity index (χ3n) is 3.31. The molecule has 134 valence electrons. The Balaban J connectivity index is 2.25. The fourth-order valence-electron chi connectivity index (χ4n) is 2.21. The Labute approximate surface area is 155 Å². The highest BCUT2D eigenvalue weighted by Crippen LogP contribution is 2.35. The molecule has 0 bridgehead atoms. The monoisotopic (exact) mass is 381 g/mol. The number of nitrogens with zero attached hydrogens (tertiary/aromatic N) is 1. The summed E-state index contributed by atoms with van der Waals surface area (Å²) < 4.78 is 11.5. The van der Waals surface area contributed by atoms with E-state index in [-0.39, 0.29) is 18.9 Å². The molecule has 1 aromatic rings. The van der Waals surface area contributed by atoms with Crippen LogP contribution in [0.1, 0.15) is 25.8 Å². The fraction of sp³-hybridized carbons (Fsp3) is 0.353. The van der Waals surface area contributed by atoms with Crippen LogP contribution in [0.15, 0.2) is 23.1 Å². The van der Waals surface area contributed by atoms with E-state index in [1.54, 1.807) is 12.1 Å². The number of carbonyl (C=O) groups is 2. The Morgan fingerprint density at radius 2 is 2.04 bits per heavy atom. The van der Waals surface area contributed by atoms with Crippen LogP contribution in [0.4, 0.5) is 0 Å². The first-order valence-corrected chi connectivity index (χ1v) is 9.05. The molecule has 1 fully saturated rings. The van der Waals surface area contributed by atoms with Crippen LogP contribution in [0.3, 0.4) is 0 Å². The van der Waals surface area contributed by atoms with Gasteiger partial charge in [-0.1, -0.05) is 24.0 Å². The second-order valence-corrected chi connectivity index (χ2v) is 6.72. The van der Waals surface area contributed by atoms with Gasteiger partial charge in [-0.15, -0.1) is 0 Å². The van der Waals surface area contributed by atoms with Crippen LogP contribution in [0.25, 0.3) is 6.08 Å². The predicted octanol–water partition coefficient (Wildman–Crippen LogP) is 3.16. The maximum atomic E-state index is 12.5. The van der Waals surface area contributed by atoms with Crippen molar-refractivity contribution in [2.75, 3.05) is 19.8 Å². The summed E-state index contributed by atoms with van der Waals surface area (Å²) in [4.78, 5) is 24.9. The molecule has 1 heterocycles. The summed E-state index contributed by atoms with van der Waals surface area (Å²) >= 11 is 6.34. The van der Waals surface area contributed by atoms with Gasteiger partial charge in [0.15, 0.2) is 0 Å². The predicted molar refractivity (Wildman–Crippen MR) is 101 cm³/mol. The number of hydrogen-bond acceptors (Lipinski definition) is 6. The molecule has 1 N–H and O–H groups in total. The summed E-state index contributed by atoms with van der Waals surface area (Å²) in [5.41, 5.74) is 0.740. The number of hydrogen-bond donors (Lipinski definition) is 1. The first-order chi connectivity index (χ1) is 12.0. The van der Waals surface area contributed by atoms with Crippen molar-refractivity contribution >= 4 is 46.3 Å². The lowest BCUT2D eigenvalue weighted by molar-refractivity contribution is -0.137. The molecule has 25 heavy (non-hydrogen) atoms. The average Bonchev–Trinajstić information content (AvgIpc) is 2.82. The summed E-state index contributed by atoms with van der Waals surface area (Å²) in [6.07, 6.45) is 1.56. The third kappa shape index (κ3) is 4.96. The van der Waals surface area contributed by atoms with Gasteiger partial charge in [0.25, 0.3) is 5.91 Å². The Kier molecular flexibility index (Phi) is 6.83. The quantitative estimate of drug-likeness (QED) is 0.547. The Morgan fingerprint density at radius 1 is 1.32 bits per heavy atom. The van der Waals surface area contributed by atoms with E-state index in [0.717, 1.165) is 17.3 Å². The molecule has 0 atom stereocenters. The minimum absolute atomic E-state index is 0.0684. The van der Waals surface area contributed by atoms with Gasteiger partial charge in [-0.25, -0.2) is 0 Å². The molecule has 2 rings (SSSR count). The highest BCUT2D eigenvalue weighted by Gasteiger charge is 2.32. The zero-order valence-corrected chi connectivity index (χ0v) is 15.6. The van der Waals surface area contributed by atoms with Crippen LogP contribution in [0, 0.1) is 0 Å². The summed E-state index contributed by atoms with van der Waals surface area (Å²) in [5, 5.41) is 8.78. The van der Waals surface area contributed by atoms with Crippen LogP contribution in [0.5, 0.6) is 11.5 Å². The van der Waals surface area contributed by atoms with Crippen LogP contribution < -0.4 is 9.47 Å². The molecule has 1 aliphatic heterocycles. The zero-order chi connectivity index (χ0) is 18.4. The Bertz CT molecular complexity index is 717. The van der Waals surface area contributed by atoms with Crippen molar-refractivity contribution in [1.29, 1.82) is 0 Å². The number of thiocarbonyl (C=S) groups is 1. The smallest absolute Gasteiger partial charge is 0.305 e. The minimum atomic E-state index is -0.969. The van der Waals surface area contributed by atoms with Gasteiger partial charge >= 0.3 is 5.97 Å². The van der Waals surface area contributed by atoms with Crippen LogP contribution in [0.2, 0.25) is 0 Å². The molecular formula is C17H19NO5S2. The van der Waals surface area contributed by atoms with Crippen LogP contribution in [-0.2, 0) is 9.59 Å². The van der Waals surface area contributed by atoms with E-state index < -0.39 is 5.97 Å². The van der Waals surface area contributed by atoms with Crippen LogP contribution >= 0.6 is 24.0 Å². The van der Waals surface area contributed by atoms with E-state index in [2.05, 4.69) is 0 Å². The molecule has 0 aromatic heterocycles. The molecular weight excluding hydrogens is 362 g/mol. The zero-order valence-electron chi connectivity index (χ0n) is 14.0. The first-order valence-electron chi connectivity index (χ1n) is 7.83. The lowest BCUT2D eigenvalue weighted by Gasteiger charge is -2.12. The number of carboxylic acid groups (broad SMARTS) is 1. The molecule has 0 radical (unpaired) electrons. The number of rotatable bonds is 8. The minimum Gasteiger partial charge on any atom is -0.494 e. The summed E-state index contributed by atoms with van der Waals surface area (Å²) in [5.74, 6) is 0.0529. The van der Waals surface area contributed by atoms with Crippen molar-refractivity contribution in [2.24, 2.45) is 0 Å². The molecule has 1 saturated heterocycles. The van der Waals surface area contributed by atoms with Gasteiger partial charge in [0.1, 0.15) is 15.8 Å². The van der Waals surface area contributed by atoms with E-state index >= 15 is 0 Å². The molecule has 6 nitrogen and oxygen atoms in total. The van der Waals surface area contributed by atoms with Gasteiger partial charge < -0.3 is 14.6 Å². The second-order valence-electron chi connectivity index (χ2n) is 5.04. The normalized spacial score (nSPS) is 15.8. The lowest BCUT2D eigenvalue weighted by Crippen LogP contribution is -2.30. The second kappa shape index (κ2) is 8.87. The Hall–Kier alpha value is -2.06. The topological polar surface area (TPSA) is 76.1 Å². The van der Waals surface area contributed by atoms with E-state index in [0.29, 0.717) is 33.9 Å². The van der Waals surface area contributed by atoms with E-state index in [1.165, 1.54) is 4.90 Å². The van der Waals surface area contributed by atoms with Gasteiger partial charge in [0, 0.05) is 18.2 Å². The first kappa shape index (κ1) is 19.3. The lowest BCUT2D eigenvalue weighted by atomic mass is 10.1. The fourth-order valence-corrected chi connectivity index (χ4v) is 3.51. The van der Waals surface area contributed by atoms with Crippen LogP contribution in [-0.4, -0.2) is 46.0 Å². The largest absolute Gasteiger partial charge is 0.494 e. The number of carboxylic acids is 1.